The quantitative estimate of drug-likeness (QED) is 0.585. The van der Waals surface area contributed by atoms with Gasteiger partial charge in [0.25, 0.3) is 0 Å². The van der Waals surface area contributed by atoms with Crippen molar-refractivity contribution in [2.45, 2.75) is 25.8 Å². The molecule has 0 saturated carbocycles. The fraction of sp³-hybridized carbons (Fsp3) is 0.318. The van der Waals surface area contributed by atoms with Crippen LogP contribution in [0.4, 0.5) is 4.79 Å². The van der Waals surface area contributed by atoms with E-state index in [4.69, 9.17) is 0 Å². The van der Waals surface area contributed by atoms with Crippen LogP contribution in [0.3, 0.4) is 0 Å². The molecule has 1 saturated heterocycles. The highest BCUT2D eigenvalue weighted by atomic mass is 16.6. The zero-order valence-electron chi connectivity index (χ0n) is 16.3. The van der Waals surface area contributed by atoms with Gasteiger partial charge in [0, 0.05) is 13.5 Å². The van der Waals surface area contributed by atoms with Crippen LogP contribution in [0.2, 0.25) is 0 Å². The second-order valence-electron chi connectivity index (χ2n) is 6.62. The van der Waals surface area contributed by atoms with Crippen molar-refractivity contribution in [3.63, 3.8) is 0 Å². The first-order valence-electron chi connectivity index (χ1n) is 9.06. The molecular formula is C22H25NO5. The number of ether oxygens (including phenoxy) is 2. The summed E-state index contributed by atoms with van der Waals surface area (Å²) in [6.45, 7) is 1.87. The molecule has 148 valence electrons. The van der Waals surface area contributed by atoms with Crippen molar-refractivity contribution in [1.82, 2.24) is 4.90 Å². The number of benzene rings is 2. The second-order valence-corrected chi connectivity index (χ2v) is 6.62. The third kappa shape index (κ3) is 5.94. The van der Waals surface area contributed by atoms with E-state index in [-0.39, 0.29) is 11.9 Å². The molecule has 1 aliphatic rings. The van der Waals surface area contributed by atoms with Crippen LogP contribution in [-0.2, 0) is 31.9 Å². The minimum absolute atomic E-state index is 0.0626. The van der Waals surface area contributed by atoms with Crippen LogP contribution in [0, 0.1) is 5.92 Å². The molecule has 1 fully saturated rings. The average molecular weight is 383 g/mol. The number of esters is 2. The first kappa shape index (κ1) is 21.2. The van der Waals surface area contributed by atoms with Gasteiger partial charge in [-0.25, -0.2) is 9.59 Å². The van der Waals surface area contributed by atoms with Crippen molar-refractivity contribution in [2.24, 2.45) is 5.92 Å². The maximum Gasteiger partial charge on any atom is 0.418 e. The minimum Gasteiger partial charge on any atom is -0.469 e. The smallest absolute Gasteiger partial charge is 0.418 e. The van der Waals surface area contributed by atoms with Gasteiger partial charge in [-0.3, -0.25) is 9.69 Å². The summed E-state index contributed by atoms with van der Waals surface area (Å²) >= 11 is 0. The van der Waals surface area contributed by atoms with Crippen LogP contribution in [0.25, 0.3) is 0 Å². The van der Waals surface area contributed by atoms with Crippen molar-refractivity contribution >= 4 is 18.0 Å². The van der Waals surface area contributed by atoms with Crippen molar-refractivity contribution in [2.75, 3.05) is 14.2 Å². The molecule has 6 nitrogen and oxygen atoms in total. The minimum atomic E-state index is -0.569. The highest BCUT2D eigenvalue weighted by molar-refractivity contribution is 5.95. The maximum absolute atomic E-state index is 11.3. The molecule has 0 N–H and O–H groups in total. The molecule has 2 aromatic carbocycles. The summed E-state index contributed by atoms with van der Waals surface area (Å²) in [6.07, 6.45) is 0.677. The molecule has 28 heavy (non-hydrogen) atoms. The number of carbonyl (C=O) groups excluding carboxylic acids is 3. The molecule has 1 aliphatic heterocycles. The predicted molar refractivity (Wildman–Crippen MR) is 105 cm³/mol. The highest BCUT2D eigenvalue weighted by Gasteiger charge is 2.38. The fourth-order valence-electron chi connectivity index (χ4n) is 2.82. The molecular weight excluding hydrogens is 358 g/mol. The van der Waals surface area contributed by atoms with Gasteiger partial charge in [-0.2, -0.15) is 0 Å². The summed E-state index contributed by atoms with van der Waals surface area (Å²) in [5.74, 6) is -0.678. The van der Waals surface area contributed by atoms with Crippen LogP contribution < -0.4 is 0 Å². The lowest BCUT2D eigenvalue weighted by molar-refractivity contribution is -0.144. The predicted octanol–water partition coefficient (Wildman–Crippen LogP) is 3.24. The Balaban J connectivity index is 0.000000203. The normalized spacial score (nSPS) is 16.7. The fourth-order valence-corrected chi connectivity index (χ4v) is 2.82. The molecule has 3 rings (SSSR count). The van der Waals surface area contributed by atoms with E-state index in [0.29, 0.717) is 6.42 Å². The van der Waals surface area contributed by atoms with E-state index in [2.05, 4.69) is 9.47 Å². The number of carbonyl (C=O) groups is 3. The molecule has 0 radical (unpaired) electrons. The van der Waals surface area contributed by atoms with Crippen molar-refractivity contribution < 1.29 is 23.9 Å². The number of amides is 1. The molecule has 1 heterocycles. The van der Waals surface area contributed by atoms with Gasteiger partial charge in [0.05, 0.1) is 13.0 Å². The first-order valence-corrected chi connectivity index (χ1v) is 9.06. The Morgan fingerprint density at radius 1 is 1.04 bits per heavy atom. The van der Waals surface area contributed by atoms with Gasteiger partial charge in [0.2, 0.25) is 0 Å². The van der Waals surface area contributed by atoms with E-state index < -0.39 is 18.1 Å². The zero-order chi connectivity index (χ0) is 20.5. The van der Waals surface area contributed by atoms with E-state index in [1.807, 2.05) is 67.6 Å². The third-order valence-electron chi connectivity index (χ3n) is 4.48. The summed E-state index contributed by atoms with van der Waals surface area (Å²) in [6, 6.07) is 19.0. The number of methoxy groups -OCH3 is 1. The second kappa shape index (κ2) is 10.3. The van der Waals surface area contributed by atoms with Gasteiger partial charge >= 0.3 is 18.0 Å². The standard InChI is InChI=1S/C11H11NO3.C11H14O2/c1-12-9(10(13)15-11(12)14)7-8-5-3-2-4-6-8;1-9(11(12)13-2)8-10-6-4-3-5-7-10/h2-6,9H,7H2,1H3;3-7,9H,8H2,1-2H3/t2*9-/m01/s1. The zero-order valence-corrected chi connectivity index (χ0v) is 16.3. The Kier molecular flexibility index (Phi) is 7.75. The largest absolute Gasteiger partial charge is 0.469 e. The van der Waals surface area contributed by atoms with E-state index in [1.54, 1.807) is 7.05 Å². The van der Waals surface area contributed by atoms with E-state index in [0.717, 1.165) is 12.0 Å². The summed E-state index contributed by atoms with van der Waals surface area (Å²) < 4.78 is 9.15. The number of nitrogens with zero attached hydrogens (tertiary/aromatic N) is 1. The lowest BCUT2D eigenvalue weighted by Crippen LogP contribution is -2.33. The van der Waals surface area contributed by atoms with Crippen molar-refractivity contribution in [3.8, 4) is 0 Å². The molecule has 0 aliphatic carbocycles. The summed E-state index contributed by atoms with van der Waals surface area (Å²) in [4.78, 5) is 34.8. The van der Waals surface area contributed by atoms with Gasteiger partial charge in [-0.05, 0) is 17.5 Å². The van der Waals surface area contributed by atoms with Crippen LogP contribution in [-0.4, -0.2) is 43.1 Å². The number of cyclic esters (lactones) is 2. The number of hydrogen-bond acceptors (Lipinski definition) is 5. The lowest BCUT2D eigenvalue weighted by Gasteiger charge is -2.13. The molecule has 2 atom stereocenters. The summed E-state index contributed by atoms with van der Waals surface area (Å²) in [5, 5.41) is 0. The number of rotatable bonds is 5. The van der Waals surface area contributed by atoms with Gasteiger partial charge in [-0.15, -0.1) is 0 Å². The topological polar surface area (TPSA) is 72.9 Å². The maximum atomic E-state index is 11.3. The Morgan fingerprint density at radius 3 is 2.04 bits per heavy atom. The van der Waals surface area contributed by atoms with Gasteiger partial charge in [0.15, 0.2) is 0 Å². The Labute approximate surface area is 165 Å². The molecule has 0 spiro atoms. The monoisotopic (exact) mass is 383 g/mol. The van der Waals surface area contributed by atoms with Crippen LogP contribution in [0.1, 0.15) is 18.1 Å². The van der Waals surface area contributed by atoms with Crippen molar-refractivity contribution in [3.05, 3.63) is 71.8 Å². The number of likely N-dealkylation sites (N-methyl/N-ethyl adjacent to an activating group) is 1. The highest BCUT2D eigenvalue weighted by Crippen LogP contribution is 2.16. The molecule has 0 aromatic heterocycles. The summed E-state index contributed by atoms with van der Waals surface area (Å²) in [7, 11) is 2.99. The van der Waals surface area contributed by atoms with E-state index in [9.17, 15) is 14.4 Å². The Bertz CT molecular complexity index is 791. The van der Waals surface area contributed by atoms with Crippen LogP contribution in [0.5, 0.6) is 0 Å². The lowest BCUT2D eigenvalue weighted by atomic mass is 10.0. The van der Waals surface area contributed by atoms with Gasteiger partial charge in [-0.1, -0.05) is 67.6 Å². The van der Waals surface area contributed by atoms with E-state index in [1.165, 1.54) is 17.6 Å². The molecule has 1 amide bonds. The summed E-state index contributed by atoms with van der Waals surface area (Å²) in [5.41, 5.74) is 2.18. The Morgan fingerprint density at radius 2 is 1.57 bits per heavy atom. The SMILES string of the molecule is CN1C(=O)OC(=O)[C@@H]1Cc1ccccc1.COC(=O)[C@H](C)Cc1ccccc1. The number of hydrogen-bond donors (Lipinski definition) is 0. The third-order valence-corrected chi connectivity index (χ3v) is 4.48. The molecule has 2 aromatic rings. The van der Waals surface area contributed by atoms with Gasteiger partial charge in [0.1, 0.15) is 6.04 Å². The average Bonchev–Trinajstić information content (AvgIpc) is 2.95. The van der Waals surface area contributed by atoms with Gasteiger partial charge < -0.3 is 9.47 Å². The molecule has 6 heteroatoms. The molecule has 0 unspecified atom stereocenters. The Hall–Kier alpha value is -3.15. The van der Waals surface area contributed by atoms with Crippen molar-refractivity contribution in [1.29, 1.82) is 0 Å². The van der Waals surface area contributed by atoms with E-state index >= 15 is 0 Å². The first-order chi connectivity index (χ1) is 13.4. The van der Waals surface area contributed by atoms with Crippen LogP contribution >= 0.6 is 0 Å². The molecule has 0 bridgehead atoms. The van der Waals surface area contributed by atoms with Crippen LogP contribution in [0.15, 0.2) is 60.7 Å².